The van der Waals surface area contributed by atoms with E-state index in [9.17, 15) is 19.8 Å². The van der Waals surface area contributed by atoms with E-state index in [0.29, 0.717) is 62.5 Å². The zero-order valence-corrected chi connectivity index (χ0v) is 39.1. The van der Waals surface area contributed by atoms with Crippen LogP contribution in [-0.2, 0) is 33.5 Å². The summed E-state index contributed by atoms with van der Waals surface area (Å²) in [6.45, 7) is 5.90. The van der Waals surface area contributed by atoms with Crippen LogP contribution >= 0.6 is 0 Å². The smallest absolute Gasteiger partial charge is 0.369 e. The van der Waals surface area contributed by atoms with Crippen LogP contribution in [0.2, 0.25) is 0 Å². The molecule has 9 rings (SSSR count). The lowest BCUT2D eigenvalue weighted by molar-refractivity contribution is -0.128. The van der Waals surface area contributed by atoms with E-state index in [1.165, 1.54) is 17.1 Å². The molecule has 2 aliphatic carbocycles. The summed E-state index contributed by atoms with van der Waals surface area (Å²) in [6.07, 6.45) is 16.8. The highest BCUT2D eigenvalue weighted by Crippen LogP contribution is 2.54. The Kier molecular flexibility index (Phi) is 13.0. The maximum Gasteiger partial charge on any atom is 0.369 e. The van der Waals surface area contributed by atoms with Crippen molar-refractivity contribution in [3.8, 4) is 22.3 Å². The number of nitrogens with zero attached hydrogens (tertiary/aromatic N) is 10. The van der Waals surface area contributed by atoms with Crippen LogP contribution < -0.4 is 22.1 Å². The van der Waals surface area contributed by atoms with Gasteiger partial charge in [0.25, 0.3) is 5.91 Å². The van der Waals surface area contributed by atoms with Crippen LogP contribution in [0.3, 0.4) is 0 Å². The van der Waals surface area contributed by atoms with E-state index in [2.05, 4.69) is 45.8 Å². The summed E-state index contributed by atoms with van der Waals surface area (Å²) < 4.78 is 3.11. The quantitative estimate of drug-likeness (QED) is 0.0456. The van der Waals surface area contributed by atoms with Crippen molar-refractivity contribution in [2.75, 3.05) is 31.1 Å². The summed E-state index contributed by atoms with van der Waals surface area (Å²) >= 11 is 0. The van der Waals surface area contributed by atoms with Gasteiger partial charge >= 0.3 is 5.90 Å². The zero-order chi connectivity index (χ0) is 49.2. The van der Waals surface area contributed by atoms with Crippen molar-refractivity contribution < 1.29 is 19.5 Å². The van der Waals surface area contributed by atoms with Crippen molar-refractivity contribution in [3.63, 3.8) is 0 Å². The molecule has 1 saturated heterocycles. The fraction of sp³-hybridized carbons (Fsp3) is 0.360. The number of rotatable bonds is 16. The molecule has 1 aliphatic heterocycles. The number of nitrogen functional groups attached to an aromatic ring is 2. The molecule has 6 aromatic rings. The predicted octanol–water partition coefficient (Wildman–Crippen LogP) is 4.10. The number of likely N-dealkylation sites (tertiary alicyclic amines) is 1. The molecule has 4 aromatic heterocycles. The minimum atomic E-state index is -0.810. The predicted molar refractivity (Wildman–Crippen MR) is 264 cm³/mol. The van der Waals surface area contributed by atoms with Gasteiger partial charge in [0.1, 0.15) is 23.8 Å². The Bertz CT molecular complexity index is 2930. The van der Waals surface area contributed by atoms with E-state index in [1.807, 2.05) is 67.3 Å². The maximum absolute atomic E-state index is 13.5. The number of hydrogen-bond acceptors (Lipinski definition) is 13. The number of nitrogens with one attached hydrogen (secondary N) is 4. The first-order chi connectivity index (χ1) is 33.7. The fourth-order valence-corrected chi connectivity index (χ4v) is 9.73. The number of anilines is 2. The Balaban J connectivity index is 0.824. The Morgan fingerprint density at radius 1 is 0.771 bits per heavy atom. The van der Waals surface area contributed by atoms with E-state index < -0.39 is 16.7 Å². The Hall–Kier alpha value is -8.16. The van der Waals surface area contributed by atoms with Crippen LogP contribution in [0.25, 0.3) is 22.3 Å². The largest absolute Gasteiger partial charge is 0.578 e. The number of carbonyl (C=O) groups excluding carboxylic acids is 3. The first kappa shape index (κ1) is 46.9. The van der Waals surface area contributed by atoms with Crippen LogP contribution in [0.4, 0.5) is 11.9 Å². The first-order valence-electron chi connectivity index (χ1n) is 23.4. The van der Waals surface area contributed by atoms with Gasteiger partial charge in [-0.1, -0.05) is 68.8 Å². The number of aromatic nitrogens is 8. The van der Waals surface area contributed by atoms with Crippen molar-refractivity contribution in [2.24, 2.45) is 22.7 Å². The molecule has 2 saturated carbocycles. The third-order valence-electron chi connectivity index (χ3n) is 14.0. The van der Waals surface area contributed by atoms with E-state index in [4.69, 9.17) is 22.0 Å². The molecule has 70 heavy (non-hydrogen) atoms. The first-order valence-corrected chi connectivity index (χ1v) is 23.4. The van der Waals surface area contributed by atoms with E-state index in [-0.39, 0.29) is 59.7 Å². The highest BCUT2D eigenvalue weighted by atomic mass is 16.3. The molecule has 20 heteroatoms. The van der Waals surface area contributed by atoms with Gasteiger partial charge in [-0.05, 0) is 65.7 Å². The van der Waals surface area contributed by atoms with Crippen LogP contribution in [0.1, 0.15) is 79.4 Å². The van der Waals surface area contributed by atoms with Gasteiger partial charge in [0.15, 0.2) is 0 Å². The second kappa shape index (κ2) is 19.4. The number of aliphatic imine (C=N–C) groups is 1. The summed E-state index contributed by atoms with van der Waals surface area (Å²) in [5, 5.41) is 41.7. The molecular weight excluding hydrogens is 889 g/mol. The molecule has 1 unspecified atom stereocenters. The molecule has 1 atom stereocenters. The lowest BCUT2D eigenvalue weighted by atomic mass is 9.54. The second-order valence-corrected chi connectivity index (χ2v) is 19.1. The van der Waals surface area contributed by atoms with Gasteiger partial charge in [0.05, 0.1) is 35.3 Å². The van der Waals surface area contributed by atoms with Crippen LogP contribution in [0.5, 0.6) is 0 Å². The molecular formula is C50H57N16O4+. The Labute approximate surface area is 404 Å². The van der Waals surface area contributed by atoms with Gasteiger partial charge in [-0.2, -0.15) is 10.2 Å². The molecule has 3 fully saturated rings. The number of nitrogens with two attached hydrogens (primary N) is 2. The maximum atomic E-state index is 13.5. The van der Waals surface area contributed by atoms with Gasteiger partial charge in [-0.15, -0.1) is 4.99 Å². The second-order valence-electron chi connectivity index (χ2n) is 19.1. The molecule has 0 bridgehead atoms. The third-order valence-corrected chi connectivity index (χ3v) is 14.0. The van der Waals surface area contributed by atoms with Crippen molar-refractivity contribution in [3.05, 3.63) is 120 Å². The van der Waals surface area contributed by atoms with Crippen LogP contribution in [0.15, 0.2) is 103 Å². The minimum absolute atomic E-state index is 0.000717. The summed E-state index contributed by atoms with van der Waals surface area (Å²) in [7, 11) is 0. The summed E-state index contributed by atoms with van der Waals surface area (Å²) in [5.74, 6) is 0.341. The standard InChI is InChI=1S/C50H56N16O4/c1-30(2)19-55-41(67)29-66-28-38(25-61-66)44(70)63-46(52)50(40-10-6-32(7-11-40)36-22-58-48(54)59-23-36)17-34(18-50)33-16-42(68)64(26-33)14-15-65-27-37(24-60-65)43(69)62-45(51)49(12-3-13-49)39-8-4-31(5-9-39)35-20-56-47(53)57-21-35/h4-11,20-25,27-28,30,33-34H,3,12-19,26,29H2,1-2H3,(H,55,67)(H2,51,62,69)(H2,52,63,70)(H2,53,56,57)(H2,54,58,59)/p+1. The fourth-order valence-electron chi connectivity index (χ4n) is 9.73. The van der Waals surface area contributed by atoms with Gasteiger partial charge in [-0.3, -0.25) is 34.6 Å². The van der Waals surface area contributed by atoms with Crippen molar-refractivity contribution >= 4 is 47.2 Å². The van der Waals surface area contributed by atoms with E-state index in [0.717, 1.165) is 52.6 Å². The lowest BCUT2D eigenvalue weighted by Gasteiger charge is -2.49. The number of amides is 3. The SMILES string of the molecule is CC(C)CNC(=O)Cn1cc(C([OH2+])=NC(=N)C2(c3ccc(-c4cnc(N)nc4)cc3)CC(C3CC(=O)N(CCn4cc(C(=O)NC(=N)C5(c6ccc(-c7cnc(N)nc7)cc6)CCC5)cn4)C3)C2)cn1. The molecule has 3 amide bonds. The van der Waals surface area contributed by atoms with E-state index in [1.54, 1.807) is 41.9 Å². The monoisotopic (exact) mass is 945 g/mol. The molecule has 2 aromatic carbocycles. The highest BCUT2D eigenvalue weighted by Gasteiger charge is 2.53. The summed E-state index contributed by atoms with van der Waals surface area (Å²) in [4.78, 5) is 62.2. The average Bonchev–Trinajstić information content (AvgIpc) is 4.09. The normalized spacial score (nSPS) is 19.6. The number of hydrogen-bond donors (Lipinski definition) is 6. The Morgan fingerprint density at radius 2 is 1.33 bits per heavy atom. The van der Waals surface area contributed by atoms with Crippen molar-refractivity contribution in [2.45, 2.75) is 76.3 Å². The van der Waals surface area contributed by atoms with Gasteiger partial charge in [-0.25, -0.2) is 19.9 Å². The van der Waals surface area contributed by atoms with Gasteiger partial charge in [0.2, 0.25) is 23.7 Å². The molecule has 3 aliphatic rings. The van der Waals surface area contributed by atoms with Crippen LogP contribution in [0, 0.1) is 28.6 Å². The zero-order valence-electron chi connectivity index (χ0n) is 39.1. The lowest BCUT2D eigenvalue weighted by Crippen LogP contribution is -2.50. The topological polar surface area (TPSA) is 301 Å². The van der Waals surface area contributed by atoms with Gasteiger partial charge in [0, 0.05) is 74.4 Å². The average molecular weight is 946 g/mol. The third kappa shape index (κ3) is 9.74. The van der Waals surface area contributed by atoms with Gasteiger partial charge < -0.3 is 32.1 Å². The summed E-state index contributed by atoms with van der Waals surface area (Å²) in [5.41, 5.74) is 15.9. The van der Waals surface area contributed by atoms with Crippen molar-refractivity contribution in [1.29, 1.82) is 10.8 Å². The van der Waals surface area contributed by atoms with E-state index >= 15 is 0 Å². The highest BCUT2D eigenvalue weighted by molar-refractivity contribution is 6.09. The Morgan fingerprint density at radius 3 is 1.90 bits per heavy atom. The molecule has 5 heterocycles. The number of amidine groups is 2. The molecule has 0 spiro atoms. The number of benzene rings is 2. The molecule has 20 nitrogen and oxygen atoms in total. The molecule has 10 N–H and O–H groups in total. The molecule has 0 radical (unpaired) electrons. The van der Waals surface area contributed by atoms with Crippen LogP contribution in [-0.4, -0.2) is 104 Å². The summed E-state index contributed by atoms with van der Waals surface area (Å²) in [6, 6.07) is 15.8. The minimum Gasteiger partial charge on any atom is -0.578 e. The number of carbonyl (C=O) groups is 3. The molecule has 360 valence electrons. The van der Waals surface area contributed by atoms with Crippen molar-refractivity contribution in [1.82, 2.24) is 55.0 Å².